The molecule has 7 heteroatoms. The van der Waals surface area contributed by atoms with Crippen LogP contribution in [0.2, 0.25) is 0 Å². The molecule has 1 aliphatic carbocycles. The molecular weight excluding hydrogens is 354 g/mol. The number of rotatable bonds is 5. The van der Waals surface area contributed by atoms with Crippen molar-refractivity contribution in [1.29, 1.82) is 0 Å². The fourth-order valence-corrected chi connectivity index (χ4v) is 5.22. The summed E-state index contributed by atoms with van der Waals surface area (Å²) in [5.74, 6) is 1.63. The third-order valence-corrected chi connectivity index (χ3v) is 6.74. The van der Waals surface area contributed by atoms with Gasteiger partial charge in [-0.2, -0.15) is 0 Å². The van der Waals surface area contributed by atoms with E-state index in [-0.39, 0.29) is 11.8 Å². The molecule has 1 aromatic rings. The molecule has 1 saturated carbocycles. The highest BCUT2D eigenvalue weighted by Gasteiger charge is 2.55. The second kappa shape index (κ2) is 7.02. The van der Waals surface area contributed by atoms with Crippen molar-refractivity contribution < 1.29 is 24.2 Å². The number of aliphatic carboxylic acids is 1. The molecule has 0 radical (unpaired) electrons. The molecule has 3 aliphatic rings. The summed E-state index contributed by atoms with van der Waals surface area (Å²) < 4.78 is 11.1. The molecule has 1 aromatic carbocycles. The molecule has 0 spiro atoms. The molecule has 0 unspecified atom stereocenters. The SMILES string of the molecule is O=C(CCSc1ccc2c(c1)OCCO2)N1C[C@@H]2CCC[C@@]2(C(=O)O)C1. The fourth-order valence-electron chi connectivity index (χ4n) is 4.36. The van der Waals surface area contributed by atoms with Crippen molar-refractivity contribution in [2.24, 2.45) is 11.3 Å². The molecule has 6 nitrogen and oxygen atoms in total. The normalized spacial score (nSPS) is 26.6. The third kappa shape index (κ3) is 3.13. The second-order valence-corrected chi connectivity index (χ2v) is 8.40. The number of carboxylic acids is 1. The number of carbonyl (C=O) groups is 2. The minimum absolute atomic E-state index is 0.0602. The van der Waals surface area contributed by atoms with Crippen molar-refractivity contribution in [2.45, 2.75) is 30.6 Å². The Morgan fingerprint density at radius 3 is 2.85 bits per heavy atom. The maximum absolute atomic E-state index is 12.5. The summed E-state index contributed by atoms with van der Waals surface area (Å²) in [5, 5.41) is 9.63. The Morgan fingerprint density at radius 2 is 2.08 bits per heavy atom. The standard InChI is InChI=1S/C19H23NO5S/c21-17(20-11-13-2-1-6-19(13,12-20)18(22)23)5-9-26-14-3-4-15-16(10-14)25-8-7-24-15/h3-4,10,13H,1-2,5-9,11-12H2,(H,22,23)/t13-,19+/m0/s1. The molecule has 0 aromatic heterocycles. The number of likely N-dealkylation sites (tertiary alicyclic amines) is 1. The zero-order valence-corrected chi connectivity index (χ0v) is 15.4. The summed E-state index contributed by atoms with van der Waals surface area (Å²) in [7, 11) is 0. The highest BCUT2D eigenvalue weighted by atomic mass is 32.2. The molecule has 2 heterocycles. The smallest absolute Gasteiger partial charge is 0.311 e. The van der Waals surface area contributed by atoms with E-state index in [4.69, 9.17) is 9.47 Å². The first kappa shape index (κ1) is 17.5. The Hall–Kier alpha value is -1.89. The van der Waals surface area contributed by atoms with E-state index in [1.807, 2.05) is 18.2 Å². The number of nitrogens with zero attached hydrogens (tertiary/aromatic N) is 1. The highest BCUT2D eigenvalue weighted by molar-refractivity contribution is 7.99. The minimum Gasteiger partial charge on any atom is -0.486 e. The number of thioether (sulfide) groups is 1. The van der Waals surface area contributed by atoms with Crippen LogP contribution in [0.25, 0.3) is 0 Å². The number of amides is 1. The summed E-state index contributed by atoms with van der Waals surface area (Å²) in [6.07, 6.45) is 2.99. The maximum atomic E-state index is 12.5. The van der Waals surface area contributed by atoms with E-state index < -0.39 is 11.4 Å². The number of fused-ring (bicyclic) bond motifs is 2. The number of carboxylic acid groups (broad SMARTS) is 1. The number of hydrogen-bond donors (Lipinski definition) is 1. The molecule has 1 amide bonds. The predicted octanol–water partition coefficient (Wildman–Crippen LogP) is 2.65. The Balaban J connectivity index is 1.30. The second-order valence-electron chi connectivity index (χ2n) is 7.23. The van der Waals surface area contributed by atoms with Gasteiger partial charge in [-0.15, -0.1) is 11.8 Å². The first-order valence-corrected chi connectivity index (χ1v) is 10.1. The maximum Gasteiger partial charge on any atom is 0.311 e. The summed E-state index contributed by atoms with van der Waals surface area (Å²) in [5.41, 5.74) is -0.696. The van der Waals surface area contributed by atoms with E-state index in [2.05, 4.69) is 0 Å². The minimum atomic E-state index is -0.735. The molecular formula is C19H23NO5S. The molecule has 140 valence electrons. The number of carbonyl (C=O) groups excluding carboxylic acids is 1. The van der Waals surface area contributed by atoms with Gasteiger partial charge in [-0.05, 0) is 37.0 Å². The van der Waals surface area contributed by atoms with Crippen LogP contribution in [0.5, 0.6) is 11.5 Å². The third-order valence-electron chi connectivity index (χ3n) is 5.75. The Morgan fingerprint density at radius 1 is 1.27 bits per heavy atom. The van der Waals surface area contributed by atoms with Crippen molar-refractivity contribution in [3.8, 4) is 11.5 Å². The van der Waals surface area contributed by atoms with E-state index in [1.165, 1.54) is 0 Å². The van der Waals surface area contributed by atoms with Gasteiger partial charge >= 0.3 is 5.97 Å². The van der Waals surface area contributed by atoms with Crippen LogP contribution in [0.15, 0.2) is 23.1 Å². The largest absolute Gasteiger partial charge is 0.486 e. The Kier molecular flexibility index (Phi) is 4.73. The van der Waals surface area contributed by atoms with Crippen LogP contribution in [0.4, 0.5) is 0 Å². The van der Waals surface area contributed by atoms with Crippen LogP contribution in [0.1, 0.15) is 25.7 Å². The zero-order valence-electron chi connectivity index (χ0n) is 14.6. The molecule has 2 fully saturated rings. The Bertz CT molecular complexity index is 724. The van der Waals surface area contributed by atoms with E-state index in [0.717, 1.165) is 29.2 Å². The molecule has 1 N–H and O–H groups in total. The topological polar surface area (TPSA) is 76.1 Å². The molecule has 26 heavy (non-hydrogen) atoms. The van der Waals surface area contributed by atoms with Gasteiger partial charge in [-0.1, -0.05) is 6.42 Å². The van der Waals surface area contributed by atoms with Crippen molar-refractivity contribution >= 4 is 23.6 Å². The number of hydrogen-bond acceptors (Lipinski definition) is 5. The van der Waals surface area contributed by atoms with E-state index in [9.17, 15) is 14.7 Å². The number of ether oxygens (including phenoxy) is 2. The van der Waals surface area contributed by atoms with Crippen molar-refractivity contribution in [2.75, 3.05) is 32.1 Å². The average Bonchev–Trinajstić information content (AvgIpc) is 3.20. The first-order chi connectivity index (χ1) is 12.6. The summed E-state index contributed by atoms with van der Waals surface area (Å²) >= 11 is 1.61. The first-order valence-electron chi connectivity index (χ1n) is 9.12. The lowest BCUT2D eigenvalue weighted by molar-refractivity contribution is -0.149. The van der Waals surface area contributed by atoms with Crippen LogP contribution >= 0.6 is 11.8 Å². The monoisotopic (exact) mass is 377 g/mol. The van der Waals surface area contributed by atoms with Gasteiger partial charge in [0.25, 0.3) is 0 Å². The van der Waals surface area contributed by atoms with Crippen molar-refractivity contribution in [3.63, 3.8) is 0 Å². The fraction of sp³-hybridized carbons (Fsp3) is 0.579. The summed E-state index contributed by atoms with van der Waals surface area (Å²) in [6.45, 7) is 2.10. The van der Waals surface area contributed by atoms with E-state index in [0.29, 0.717) is 44.9 Å². The summed E-state index contributed by atoms with van der Waals surface area (Å²) in [6, 6.07) is 5.82. The van der Waals surface area contributed by atoms with Crippen LogP contribution in [0.3, 0.4) is 0 Å². The van der Waals surface area contributed by atoms with Crippen LogP contribution in [-0.2, 0) is 9.59 Å². The van der Waals surface area contributed by atoms with Crippen molar-refractivity contribution in [3.05, 3.63) is 18.2 Å². The van der Waals surface area contributed by atoms with Gasteiger partial charge < -0.3 is 19.5 Å². The molecule has 0 bridgehead atoms. The van der Waals surface area contributed by atoms with Crippen LogP contribution in [-0.4, -0.2) is 53.9 Å². The molecule has 2 aliphatic heterocycles. The van der Waals surface area contributed by atoms with Gasteiger partial charge in [0.05, 0.1) is 5.41 Å². The lowest BCUT2D eigenvalue weighted by Gasteiger charge is -2.23. The molecule has 2 atom stereocenters. The Labute approximate surface area is 156 Å². The predicted molar refractivity (Wildman–Crippen MR) is 96.8 cm³/mol. The lowest BCUT2D eigenvalue weighted by atomic mass is 9.81. The average molecular weight is 377 g/mol. The molecule has 4 rings (SSSR count). The quantitative estimate of drug-likeness (QED) is 0.795. The molecule has 1 saturated heterocycles. The summed E-state index contributed by atoms with van der Waals surface area (Å²) in [4.78, 5) is 27.1. The highest BCUT2D eigenvalue weighted by Crippen LogP contribution is 2.49. The van der Waals surface area contributed by atoms with E-state index >= 15 is 0 Å². The zero-order chi connectivity index (χ0) is 18.1. The van der Waals surface area contributed by atoms with Gasteiger partial charge in [0.1, 0.15) is 13.2 Å². The van der Waals surface area contributed by atoms with Crippen molar-refractivity contribution in [1.82, 2.24) is 4.90 Å². The van der Waals surface area contributed by atoms with Gasteiger partial charge in [0, 0.05) is 30.2 Å². The van der Waals surface area contributed by atoms with Gasteiger partial charge in [0.15, 0.2) is 11.5 Å². The van der Waals surface area contributed by atoms with Gasteiger partial charge in [-0.3, -0.25) is 9.59 Å². The number of benzene rings is 1. The van der Waals surface area contributed by atoms with Gasteiger partial charge in [0.2, 0.25) is 5.91 Å². The van der Waals surface area contributed by atoms with E-state index in [1.54, 1.807) is 16.7 Å². The van der Waals surface area contributed by atoms with Crippen LogP contribution in [0, 0.1) is 11.3 Å². The van der Waals surface area contributed by atoms with Crippen LogP contribution < -0.4 is 9.47 Å². The van der Waals surface area contributed by atoms with Gasteiger partial charge in [-0.25, -0.2) is 0 Å². The lowest BCUT2D eigenvalue weighted by Crippen LogP contribution is -2.37.